The van der Waals surface area contributed by atoms with Crippen LogP contribution in [0.25, 0.3) is 0 Å². The number of hydrogen-bond donors (Lipinski definition) is 3. The molecule has 2 aromatic carbocycles. The fourth-order valence-corrected chi connectivity index (χ4v) is 2.16. The summed E-state index contributed by atoms with van der Waals surface area (Å²) in [5.41, 5.74) is 0.325. The normalized spacial score (nSPS) is 10.9. The highest BCUT2D eigenvalue weighted by Gasteiger charge is 2.29. The number of nitrogens with one attached hydrogen (secondary N) is 3. The molecule has 0 fully saturated rings. The molecule has 1 aromatic heterocycles. The fourth-order valence-electron chi connectivity index (χ4n) is 2.16. The van der Waals surface area contributed by atoms with Crippen molar-refractivity contribution in [1.29, 1.82) is 0 Å². The number of halogens is 3. The van der Waals surface area contributed by atoms with E-state index in [0.29, 0.717) is 17.2 Å². The highest BCUT2D eigenvalue weighted by atomic mass is 19.4. The van der Waals surface area contributed by atoms with Crippen LogP contribution in [-0.4, -0.2) is 16.2 Å². The zero-order valence-electron chi connectivity index (χ0n) is 13.8. The predicted molar refractivity (Wildman–Crippen MR) is 95.8 cm³/mol. The minimum Gasteiger partial charge on any atom is -0.339 e. The molecule has 6 nitrogen and oxygen atoms in total. The molecule has 0 aliphatic rings. The van der Waals surface area contributed by atoms with Crippen LogP contribution < -0.4 is 16.0 Å². The van der Waals surface area contributed by atoms with Crippen molar-refractivity contribution in [3.05, 3.63) is 72.3 Å². The molecule has 0 radical (unpaired) electrons. The molecule has 0 aliphatic heterocycles. The molecule has 0 spiro atoms. The lowest BCUT2D eigenvalue weighted by molar-refractivity contribution is -0.137. The first-order valence-corrected chi connectivity index (χ1v) is 7.81. The van der Waals surface area contributed by atoms with Crippen molar-refractivity contribution in [2.75, 3.05) is 16.0 Å². The van der Waals surface area contributed by atoms with Crippen molar-refractivity contribution >= 4 is 29.0 Å². The van der Waals surface area contributed by atoms with E-state index >= 15 is 0 Å². The Morgan fingerprint density at radius 2 is 1.37 bits per heavy atom. The molecule has 0 bridgehead atoms. The van der Waals surface area contributed by atoms with E-state index in [9.17, 15) is 18.0 Å². The molecule has 0 saturated heterocycles. The molecule has 138 valence electrons. The van der Waals surface area contributed by atoms with Gasteiger partial charge in [0.1, 0.15) is 0 Å². The van der Waals surface area contributed by atoms with Gasteiger partial charge in [-0.3, -0.25) is 5.32 Å². The molecule has 3 N–H and O–H groups in total. The molecule has 0 unspecified atom stereocenters. The lowest BCUT2D eigenvalue weighted by Gasteiger charge is -2.09. The lowest BCUT2D eigenvalue weighted by Crippen LogP contribution is -2.20. The van der Waals surface area contributed by atoms with Gasteiger partial charge >= 0.3 is 12.2 Å². The van der Waals surface area contributed by atoms with Crippen molar-refractivity contribution in [2.45, 2.75) is 6.18 Å². The number of urea groups is 1. The first kappa shape index (κ1) is 18.2. The second kappa shape index (κ2) is 7.73. The molecule has 3 aromatic rings. The number of rotatable bonds is 4. The number of anilines is 4. The van der Waals surface area contributed by atoms with E-state index in [1.807, 2.05) is 6.07 Å². The predicted octanol–water partition coefficient (Wildman–Crippen LogP) is 4.88. The minimum atomic E-state index is -4.38. The van der Waals surface area contributed by atoms with Crippen LogP contribution >= 0.6 is 0 Å². The highest BCUT2D eigenvalue weighted by Crippen LogP contribution is 2.30. The Kier molecular flexibility index (Phi) is 5.20. The number of carbonyl (C=O) groups excluding carboxylic acids is 1. The van der Waals surface area contributed by atoms with Crippen LogP contribution in [0.15, 0.2) is 66.7 Å². The van der Waals surface area contributed by atoms with Gasteiger partial charge < -0.3 is 10.6 Å². The van der Waals surface area contributed by atoms with Gasteiger partial charge in [-0.05, 0) is 48.5 Å². The summed E-state index contributed by atoms with van der Waals surface area (Å²) < 4.78 is 37.7. The summed E-state index contributed by atoms with van der Waals surface area (Å²) in [5, 5.41) is 15.7. The van der Waals surface area contributed by atoms with Crippen molar-refractivity contribution in [2.24, 2.45) is 0 Å². The topological polar surface area (TPSA) is 78.9 Å². The average Bonchev–Trinajstić information content (AvgIpc) is 2.64. The number of benzene rings is 2. The zero-order chi connectivity index (χ0) is 19.3. The van der Waals surface area contributed by atoms with E-state index in [1.54, 1.807) is 30.3 Å². The number of hydrogen-bond acceptors (Lipinski definition) is 4. The first-order chi connectivity index (χ1) is 12.9. The zero-order valence-corrected chi connectivity index (χ0v) is 13.8. The molecule has 0 aliphatic carbocycles. The highest BCUT2D eigenvalue weighted by molar-refractivity contribution is 5.99. The monoisotopic (exact) mass is 373 g/mol. The number of aromatic nitrogens is 2. The molecule has 27 heavy (non-hydrogen) atoms. The van der Waals surface area contributed by atoms with E-state index in [4.69, 9.17) is 0 Å². The average molecular weight is 373 g/mol. The van der Waals surface area contributed by atoms with Crippen LogP contribution in [0, 0.1) is 0 Å². The Balaban J connectivity index is 1.58. The van der Waals surface area contributed by atoms with Crippen LogP contribution in [0.2, 0.25) is 0 Å². The van der Waals surface area contributed by atoms with E-state index in [0.717, 1.165) is 12.1 Å². The van der Waals surface area contributed by atoms with Crippen molar-refractivity contribution in [1.82, 2.24) is 10.2 Å². The van der Waals surface area contributed by atoms with E-state index in [1.165, 1.54) is 18.2 Å². The number of para-hydroxylation sites is 1. The van der Waals surface area contributed by atoms with Gasteiger partial charge in [-0.1, -0.05) is 18.2 Å². The SMILES string of the molecule is O=C(Nc1ccccc1)Nc1ccc(Nc2ccc(C(F)(F)F)cc2)nn1. The third-order valence-corrected chi connectivity index (χ3v) is 3.42. The van der Waals surface area contributed by atoms with Crippen LogP contribution in [0.4, 0.5) is 41.0 Å². The van der Waals surface area contributed by atoms with Gasteiger partial charge in [0, 0.05) is 11.4 Å². The Labute approximate surface area is 152 Å². The summed E-state index contributed by atoms with van der Waals surface area (Å²) in [5.74, 6) is 0.546. The number of alkyl halides is 3. The fraction of sp³-hybridized carbons (Fsp3) is 0.0556. The van der Waals surface area contributed by atoms with Gasteiger partial charge in [0.15, 0.2) is 11.6 Å². The number of nitrogens with zero attached hydrogens (tertiary/aromatic N) is 2. The lowest BCUT2D eigenvalue weighted by atomic mass is 10.2. The Morgan fingerprint density at radius 3 is 1.96 bits per heavy atom. The first-order valence-electron chi connectivity index (χ1n) is 7.81. The summed E-state index contributed by atoms with van der Waals surface area (Å²) >= 11 is 0. The second-order valence-electron chi connectivity index (χ2n) is 5.45. The van der Waals surface area contributed by atoms with Crippen molar-refractivity contribution in [3.8, 4) is 0 Å². The summed E-state index contributed by atoms with van der Waals surface area (Å²) in [6.07, 6.45) is -4.38. The molecule has 0 atom stereocenters. The Morgan fingerprint density at radius 1 is 0.741 bits per heavy atom. The van der Waals surface area contributed by atoms with Gasteiger partial charge in [0.25, 0.3) is 0 Å². The van der Waals surface area contributed by atoms with Crippen LogP contribution in [-0.2, 0) is 6.18 Å². The summed E-state index contributed by atoms with van der Waals surface area (Å²) in [6, 6.07) is 16.0. The molecule has 2 amide bonds. The smallest absolute Gasteiger partial charge is 0.339 e. The Bertz CT molecular complexity index is 897. The number of carbonyl (C=O) groups is 1. The molecule has 1 heterocycles. The molecule has 3 rings (SSSR count). The van der Waals surface area contributed by atoms with Gasteiger partial charge in [-0.2, -0.15) is 13.2 Å². The largest absolute Gasteiger partial charge is 0.416 e. The van der Waals surface area contributed by atoms with Crippen LogP contribution in [0.1, 0.15) is 5.56 Å². The van der Waals surface area contributed by atoms with Gasteiger partial charge in [0.05, 0.1) is 5.56 Å². The minimum absolute atomic E-state index is 0.224. The van der Waals surface area contributed by atoms with Crippen molar-refractivity contribution in [3.63, 3.8) is 0 Å². The molecule has 9 heteroatoms. The maximum Gasteiger partial charge on any atom is 0.416 e. The van der Waals surface area contributed by atoms with Crippen LogP contribution in [0.5, 0.6) is 0 Å². The maximum absolute atomic E-state index is 12.6. The van der Waals surface area contributed by atoms with E-state index in [-0.39, 0.29) is 5.82 Å². The Hall–Kier alpha value is -3.62. The summed E-state index contributed by atoms with van der Waals surface area (Å²) in [6.45, 7) is 0. The maximum atomic E-state index is 12.6. The number of amides is 2. The van der Waals surface area contributed by atoms with E-state index in [2.05, 4.69) is 26.1 Å². The quantitative estimate of drug-likeness (QED) is 0.609. The molecular formula is C18H14F3N5O. The standard InChI is InChI=1S/C18H14F3N5O/c19-18(20,21)12-6-8-14(9-7-12)22-15-10-11-16(26-25-15)24-17(27)23-13-4-2-1-3-5-13/h1-11H,(H,22,25)(H2,23,24,26,27). The van der Waals surface area contributed by atoms with Crippen molar-refractivity contribution < 1.29 is 18.0 Å². The molecular weight excluding hydrogens is 359 g/mol. The second-order valence-corrected chi connectivity index (χ2v) is 5.45. The molecule has 0 saturated carbocycles. The van der Waals surface area contributed by atoms with Gasteiger partial charge in [0.2, 0.25) is 0 Å². The van der Waals surface area contributed by atoms with Crippen LogP contribution in [0.3, 0.4) is 0 Å². The third-order valence-electron chi connectivity index (χ3n) is 3.42. The summed E-state index contributed by atoms with van der Waals surface area (Å²) in [4.78, 5) is 11.9. The third kappa shape index (κ3) is 5.18. The van der Waals surface area contributed by atoms with Gasteiger partial charge in [-0.25, -0.2) is 4.79 Å². The van der Waals surface area contributed by atoms with E-state index < -0.39 is 17.8 Å². The van der Waals surface area contributed by atoms with Gasteiger partial charge in [-0.15, -0.1) is 10.2 Å². The summed E-state index contributed by atoms with van der Waals surface area (Å²) in [7, 11) is 0.